The van der Waals surface area contributed by atoms with Gasteiger partial charge >= 0.3 is 6.09 Å². The van der Waals surface area contributed by atoms with Gasteiger partial charge in [-0.25, -0.2) is 9.18 Å². The van der Waals surface area contributed by atoms with Crippen LogP contribution >= 0.6 is 15.9 Å². The minimum absolute atomic E-state index is 0.295. The third-order valence-corrected chi connectivity index (χ3v) is 3.41. The van der Waals surface area contributed by atoms with E-state index >= 15 is 0 Å². The van der Waals surface area contributed by atoms with Crippen LogP contribution in [0.5, 0.6) is 0 Å². The summed E-state index contributed by atoms with van der Waals surface area (Å²) in [5.41, 5.74) is -0.00904. The van der Waals surface area contributed by atoms with Gasteiger partial charge in [-0.05, 0) is 39.7 Å². The molecule has 0 saturated heterocycles. The van der Waals surface area contributed by atoms with Gasteiger partial charge in [0.25, 0.3) is 0 Å². The Morgan fingerprint density at radius 3 is 2.64 bits per heavy atom. The van der Waals surface area contributed by atoms with E-state index in [1.807, 2.05) is 20.8 Å². The van der Waals surface area contributed by atoms with Gasteiger partial charge in [-0.2, -0.15) is 0 Å². The molecular formula is C16H23BrFNO3. The number of benzene rings is 1. The summed E-state index contributed by atoms with van der Waals surface area (Å²) in [6.45, 7) is 6.45. The molecular weight excluding hydrogens is 353 g/mol. The average molecular weight is 376 g/mol. The van der Waals surface area contributed by atoms with Gasteiger partial charge in [0.2, 0.25) is 0 Å². The molecule has 1 amide bonds. The molecule has 0 aliphatic heterocycles. The molecule has 1 rings (SSSR count). The van der Waals surface area contributed by atoms with Crippen LogP contribution in [-0.4, -0.2) is 24.8 Å². The number of nitrogens with one attached hydrogen (secondary N) is 1. The summed E-state index contributed by atoms with van der Waals surface area (Å²) in [6.07, 6.45) is 1.10. The quantitative estimate of drug-likeness (QED) is 0.561. The lowest BCUT2D eigenvalue weighted by Crippen LogP contribution is -2.33. The highest BCUT2D eigenvalue weighted by Crippen LogP contribution is 2.26. The fourth-order valence-electron chi connectivity index (χ4n) is 1.67. The largest absolute Gasteiger partial charge is 0.444 e. The van der Waals surface area contributed by atoms with Crippen molar-refractivity contribution in [2.24, 2.45) is 0 Å². The fourth-order valence-corrected chi connectivity index (χ4v) is 2.23. The lowest BCUT2D eigenvalue weighted by Gasteiger charge is -2.19. The van der Waals surface area contributed by atoms with Crippen LogP contribution in [0.1, 0.15) is 44.2 Å². The van der Waals surface area contributed by atoms with E-state index in [1.54, 1.807) is 18.2 Å². The molecule has 0 aromatic heterocycles. The zero-order valence-corrected chi connectivity index (χ0v) is 14.8. The van der Waals surface area contributed by atoms with Crippen molar-refractivity contribution < 1.29 is 18.7 Å². The summed E-state index contributed by atoms with van der Waals surface area (Å²) in [5, 5.41) is 2.21. The molecule has 4 nitrogen and oxygen atoms in total. The molecule has 0 spiro atoms. The summed E-state index contributed by atoms with van der Waals surface area (Å²) < 4.78 is 24.2. The molecule has 1 aromatic rings. The minimum Gasteiger partial charge on any atom is -0.444 e. The molecule has 0 saturated carbocycles. The second-order valence-electron chi connectivity index (χ2n) is 5.84. The summed E-state index contributed by atoms with van der Waals surface area (Å²) in [5.74, 6) is -0.295. The number of halogens is 2. The standard InChI is InChI=1S/C16H23BrFNO3/c1-16(2,3)22-15(20)19-10-6-7-11-21-14(17)12-8-4-5-9-13(12)18/h4-5,8-9,14H,6-7,10-11H2,1-3H3,(H,19,20). The van der Waals surface area contributed by atoms with E-state index in [-0.39, 0.29) is 5.82 Å². The van der Waals surface area contributed by atoms with Crippen LogP contribution < -0.4 is 5.32 Å². The molecule has 0 fully saturated rings. The van der Waals surface area contributed by atoms with Gasteiger partial charge in [-0.1, -0.05) is 34.1 Å². The lowest BCUT2D eigenvalue weighted by atomic mass is 10.2. The molecule has 6 heteroatoms. The van der Waals surface area contributed by atoms with Gasteiger partial charge in [-0.3, -0.25) is 0 Å². The van der Waals surface area contributed by atoms with E-state index in [4.69, 9.17) is 9.47 Å². The Labute approximate surface area is 139 Å². The van der Waals surface area contributed by atoms with Crippen LogP contribution in [0.25, 0.3) is 0 Å². The monoisotopic (exact) mass is 375 g/mol. The molecule has 22 heavy (non-hydrogen) atoms. The molecule has 1 atom stereocenters. The summed E-state index contributed by atoms with van der Waals surface area (Å²) in [7, 11) is 0. The van der Waals surface area contributed by atoms with Crippen LogP contribution in [0.2, 0.25) is 0 Å². The molecule has 0 heterocycles. The Morgan fingerprint density at radius 2 is 2.00 bits per heavy atom. The van der Waals surface area contributed by atoms with Gasteiger partial charge in [0, 0.05) is 18.7 Å². The van der Waals surface area contributed by atoms with Gasteiger partial charge < -0.3 is 14.8 Å². The number of ether oxygens (including phenoxy) is 2. The number of hydrogen-bond acceptors (Lipinski definition) is 3. The van der Waals surface area contributed by atoms with Crippen molar-refractivity contribution in [3.8, 4) is 0 Å². The van der Waals surface area contributed by atoms with Crippen molar-refractivity contribution >= 4 is 22.0 Å². The molecule has 1 unspecified atom stereocenters. The third kappa shape index (κ3) is 7.75. The summed E-state index contributed by atoms with van der Waals surface area (Å²) in [4.78, 5) is 11.4. The van der Waals surface area contributed by atoms with Crippen molar-refractivity contribution in [1.29, 1.82) is 0 Å². The van der Waals surface area contributed by atoms with Gasteiger partial charge in [0.15, 0.2) is 0 Å². The second kappa shape index (κ2) is 9.10. The second-order valence-corrected chi connectivity index (χ2v) is 6.68. The van der Waals surface area contributed by atoms with Crippen molar-refractivity contribution in [3.05, 3.63) is 35.6 Å². The summed E-state index contributed by atoms with van der Waals surface area (Å²) >= 11 is 3.31. The maximum atomic E-state index is 13.5. The number of hydrogen-bond donors (Lipinski definition) is 1. The van der Waals surface area contributed by atoms with Crippen LogP contribution in [-0.2, 0) is 9.47 Å². The van der Waals surface area contributed by atoms with Crippen LogP contribution in [0.3, 0.4) is 0 Å². The maximum absolute atomic E-state index is 13.5. The number of amides is 1. The molecule has 1 aromatic carbocycles. The first-order valence-corrected chi connectivity index (χ1v) is 8.18. The zero-order valence-electron chi connectivity index (χ0n) is 13.2. The fraction of sp³-hybridized carbons (Fsp3) is 0.562. The molecule has 0 aliphatic carbocycles. The highest BCUT2D eigenvalue weighted by Gasteiger charge is 2.15. The molecule has 124 valence electrons. The van der Waals surface area contributed by atoms with Gasteiger partial charge in [-0.15, -0.1) is 0 Å². The zero-order chi connectivity index (χ0) is 16.6. The van der Waals surface area contributed by atoms with E-state index in [2.05, 4.69) is 21.2 Å². The van der Waals surface area contributed by atoms with E-state index in [9.17, 15) is 9.18 Å². The Morgan fingerprint density at radius 1 is 1.32 bits per heavy atom. The highest BCUT2D eigenvalue weighted by atomic mass is 79.9. The average Bonchev–Trinajstić information content (AvgIpc) is 2.41. The van der Waals surface area contributed by atoms with Gasteiger partial charge in [0.05, 0.1) is 0 Å². The topological polar surface area (TPSA) is 47.6 Å². The molecule has 0 radical (unpaired) electrons. The number of carbonyl (C=O) groups is 1. The SMILES string of the molecule is CC(C)(C)OC(=O)NCCCCOC(Br)c1ccccc1F. The smallest absolute Gasteiger partial charge is 0.407 e. The van der Waals surface area contributed by atoms with Gasteiger partial charge in [0.1, 0.15) is 16.4 Å². The van der Waals surface area contributed by atoms with Crippen molar-refractivity contribution in [2.75, 3.05) is 13.2 Å². The first kappa shape index (κ1) is 18.9. The van der Waals surface area contributed by atoms with Crippen LogP contribution in [0, 0.1) is 5.82 Å². The number of rotatable bonds is 7. The predicted molar refractivity (Wildman–Crippen MR) is 87.5 cm³/mol. The first-order valence-electron chi connectivity index (χ1n) is 7.26. The number of carbonyl (C=O) groups excluding carboxylic acids is 1. The summed E-state index contributed by atoms with van der Waals surface area (Å²) in [6, 6.07) is 6.48. The number of unbranched alkanes of at least 4 members (excludes halogenated alkanes) is 1. The predicted octanol–water partition coefficient (Wildman–Crippen LogP) is 4.54. The van der Waals surface area contributed by atoms with Crippen LogP contribution in [0.4, 0.5) is 9.18 Å². The highest BCUT2D eigenvalue weighted by molar-refractivity contribution is 9.09. The van der Waals surface area contributed by atoms with Crippen LogP contribution in [0.15, 0.2) is 24.3 Å². The molecule has 1 N–H and O–H groups in total. The first-order chi connectivity index (χ1) is 10.3. The van der Waals surface area contributed by atoms with E-state index in [0.717, 1.165) is 12.8 Å². The van der Waals surface area contributed by atoms with Crippen molar-refractivity contribution in [3.63, 3.8) is 0 Å². The van der Waals surface area contributed by atoms with E-state index in [1.165, 1.54) is 6.07 Å². The maximum Gasteiger partial charge on any atom is 0.407 e. The third-order valence-electron chi connectivity index (χ3n) is 2.65. The Kier molecular flexibility index (Phi) is 7.82. The Hall–Kier alpha value is -1.14. The molecule has 0 bridgehead atoms. The lowest BCUT2D eigenvalue weighted by molar-refractivity contribution is 0.0523. The van der Waals surface area contributed by atoms with E-state index < -0.39 is 16.7 Å². The van der Waals surface area contributed by atoms with E-state index in [0.29, 0.717) is 18.7 Å². The minimum atomic E-state index is -0.490. The normalized spacial score (nSPS) is 12.8. The number of alkyl halides is 1. The Balaban J connectivity index is 2.13. The Bertz CT molecular complexity index is 477. The number of alkyl carbamates (subject to hydrolysis) is 1. The molecule has 0 aliphatic rings. The van der Waals surface area contributed by atoms with Crippen molar-refractivity contribution in [1.82, 2.24) is 5.32 Å². The van der Waals surface area contributed by atoms with Crippen molar-refractivity contribution in [2.45, 2.75) is 44.2 Å².